The van der Waals surface area contributed by atoms with Gasteiger partial charge in [0.25, 0.3) is 0 Å². The van der Waals surface area contributed by atoms with Gasteiger partial charge in [0.15, 0.2) is 0 Å². The van der Waals surface area contributed by atoms with Crippen molar-refractivity contribution in [3.8, 4) is 0 Å². The zero-order valence-corrected chi connectivity index (χ0v) is 13.0. The summed E-state index contributed by atoms with van der Waals surface area (Å²) in [7, 11) is -1.68. The van der Waals surface area contributed by atoms with Crippen LogP contribution >= 0.6 is 11.8 Å². The fourth-order valence-electron chi connectivity index (χ4n) is 2.10. The van der Waals surface area contributed by atoms with Gasteiger partial charge < -0.3 is 10.3 Å². The molecule has 5 nitrogen and oxygen atoms in total. The van der Waals surface area contributed by atoms with E-state index in [-0.39, 0.29) is 6.04 Å². The van der Waals surface area contributed by atoms with Crippen molar-refractivity contribution in [1.82, 2.24) is 14.6 Å². The Morgan fingerprint density at radius 1 is 1.58 bits per heavy atom. The molecule has 1 aromatic heterocycles. The highest BCUT2D eigenvalue weighted by Gasteiger charge is 2.30. The second kappa shape index (κ2) is 6.30. The third-order valence-corrected chi connectivity index (χ3v) is 6.41. The standard InChI is InChI=1S/C12H21N3O2S2/c1-3-13-7-10-6-12(8-14-10)19(16,17)15(2)11-4-5-18-9-11/h6,8,11,13-14H,3-5,7,9H2,1-2H3. The molecular weight excluding hydrogens is 282 g/mol. The molecule has 2 N–H and O–H groups in total. The smallest absolute Gasteiger partial charge is 0.244 e. The lowest BCUT2D eigenvalue weighted by molar-refractivity contribution is 0.394. The minimum Gasteiger partial charge on any atom is -0.363 e. The normalized spacial score (nSPS) is 20.3. The highest BCUT2D eigenvalue weighted by molar-refractivity contribution is 7.99. The summed E-state index contributed by atoms with van der Waals surface area (Å²) in [4.78, 5) is 3.38. The SMILES string of the molecule is CCNCc1cc(S(=O)(=O)N(C)C2CCSC2)c[nH]1. The molecule has 1 saturated heterocycles. The number of sulfonamides is 1. The largest absolute Gasteiger partial charge is 0.363 e. The Labute approximate surface area is 119 Å². The quantitative estimate of drug-likeness (QED) is 0.830. The van der Waals surface area contributed by atoms with Gasteiger partial charge in [0.1, 0.15) is 0 Å². The van der Waals surface area contributed by atoms with Crippen LogP contribution < -0.4 is 5.32 Å². The Morgan fingerprint density at radius 2 is 2.37 bits per heavy atom. The lowest BCUT2D eigenvalue weighted by atomic mass is 10.3. The molecule has 2 rings (SSSR count). The van der Waals surface area contributed by atoms with Gasteiger partial charge in [-0.15, -0.1) is 0 Å². The monoisotopic (exact) mass is 303 g/mol. The zero-order chi connectivity index (χ0) is 13.9. The topological polar surface area (TPSA) is 65.2 Å². The molecule has 7 heteroatoms. The summed E-state index contributed by atoms with van der Waals surface area (Å²) in [5.74, 6) is 1.94. The summed E-state index contributed by atoms with van der Waals surface area (Å²) in [6, 6.07) is 1.85. The first-order chi connectivity index (χ1) is 9.05. The molecule has 108 valence electrons. The third kappa shape index (κ3) is 3.34. The van der Waals surface area contributed by atoms with Crippen LogP contribution in [-0.2, 0) is 16.6 Å². The molecule has 2 heterocycles. The van der Waals surface area contributed by atoms with Crippen molar-refractivity contribution >= 4 is 21.8 Å². The van der Waals surface area contributed by atoms with Crippen molar-refractivity contribution in [2.45, 2.75) is 30.8 Å². The van der Waals surface area contributed by atoms with Gasteiger partial charge in [-0.3, -0.25) is 0 Å². The molecule has 0 aliphatic carbocycles. The van der Waals surface area contributed by atoms with Crippen LogP contribution in [0.25, 0.3) is 0 Å². The number of aromatic nitrogens is 1. The van der Waals surface area contributed by atoms with Gasteiger partial charge in [0.05, 0.1) is 4.90 Å². The second-order valence-electron chi connectivity index (χ2n) is 4.68. The summed E-state index contributed by atoms with van der Waals surface area (Å²) in [5.41, 5.74) is 0.898. The van der Waals surface area contributed by atoms with E-state index in [4.69, 9.17) is 0 Å². The Kier molecular flexibility index (Phi) is 4.94. The second-order valence-corrected chi connectivity index (χ2v) is 7.83. The number of rotatable bonds is 6. The van der Waals surface area contributed by atoms with Crippen LogP contribution in [-0.4, -0.2) is 48.8 Å². The minimum absolute atomic E-state index is 0.127. The summed E-state index contributed by atoms with van der Waals surface area (Å²) < 4.78 is 26.5. The van der Waals surface area contributed by atoms with Crippen LogP contribution in [0.4, 0.5) is 0 Å². The van der Waals surface area contributed by atoms with E-state index >= 15 is 0 Å². The number of thioether (sulfide) groups is 1. The highest BCUT2D eigenvalue weighted by Crippen LogP contribution is 2.26. The molecule has 19 heavy (non-hydrogen) atoms. The van der Waals surface area contributed by atoms with E-state index in [1.54, 1.807) is 19.3 Å². The molecule has 0 radical (unpaired) electrons. The maximum Gasteiger partial charge on any atom is 0.244 e. The van der Waals surface area contributed by atoms with E-state index in [9.17, 15) is 8.42 Å². The van der Waals surface area contributed by atoms with Crippen molar-refractivity contribution in [2.75, 3.05) is 25.1 Å². The van der Waals surface area contributed by atoms with E-state index in [1.807, 2.05) is 18.7 Å². The van der Waals surface area contributed by atoms with Gasteiger partial charge in [-0.25, -0.2) is 8.42 Å². The van der Waals surface area contributed by atoms with E-state index < -0.39 is 10.0 Å². The highest BCUT2D eigenvalue weighted by atomic mass is 32.2. The van der Waals surface area contributed by atoms with Crippen molar-refractivity contribution in [1.29, 1.82) is 0 Å². The molecule has 0 saturated carbocycles. The number of nitrogens with one attached hydrogen (secondary N) is 2. The summed E-state index contributed by atoms with van der Waals surface area (Å²) in [6.45, 7) is 3.54. The van der Waals surface area contributed by atoms with Crippen molar-refractivity contribution in [3.05, 3.63) is 18.0 Å². The Balaban J connectivity index is 2.12. The lowest BCUT2D eigenvalue weighted by Crippen LogP contribution is -2.36. The summed E-state index contributed by atoms with van der Waals surface area (Å²) in [6.07, 6.45) is 2.52. The number of nitrogens with zero attached hydrogens (tertiary/aromatic N) is 1. The molecule has 0 aromatic carbocycles. The van der Waals surface area contributed by atoms with Crippen LogP contribution in [0.3, 0.4) is 0 Å². The molecule has 1 unspecified atom stereocenters. The first-order valence-electron chi connectivity index (χ1n) is 6.49. The fourth-order valence-corrected chi connectivity index (χ4v) is 4.87. The van der Waals surface area contributed by atoms with Gasteiger partial charge >= 0.3 is 0 Å². The first kappa shape index (κ1) is 14.9. The predicted molar refractivity (Wildman–Crippen MR) is 78.9 cm³/mol. The van der Waals surface area contributed by atoms with E-state index in [2.05, 4.69) is 10.3 Å². The number of H-pyrrole nitrogens is 1. The maximum absolute atomic E-state index is 12.5. The van der Waals surface area contributed by atoms with Gasteiger partial charge in [-0.05, 0) is 24.8 Å². The van der Waals surface area contributed by atoms with Crippen molar-refractivity contribution in [3.63, 3.8) is 0 Å². The van der Waals surface area contributed by atoms with Gasteiger partial charge in [0.2, 0.25) is 10.0 Å². The van der Waals surface area contributed by atoms with Crippen LogP contribution in [0, 0.1) is 0 Å². The Hall–Kier alpha value is -0.500. The maximum atomic E-state index is 12.5. The van der Waals surface area contributed by atoms with Crippen molar-refractivity contribution in [2.24, 2.45) is 0 Å². The molecule has 1 aliphatic rings. The molecule has 0 spiro atoms. The van der Waals surface area contributed by atoms with Gasteiger partial charge in [-0.2, -0.15) is 16.1 Å². The molecule has 1 atom stereocenters. The Morgan fingerprint density at radius 3 is 3.00 bits per heavy atom. The molecule has 1 fully saturated rings. The summed E-state index contributed by atoms with van der Waals surface area (Å²) in [5, 5.41) is 3.17. The fraction of sp³-hybridized carbons (Fsp3) is 0.667. The number of hydrogen-bond donors (Lipinski definition) is 2. The first-order valence-corrected chi connectivity index (χ1v) is 9.09. The number of hydrogen-bond acceptors (Lipinski definition) is 4. The van der Waals surface area contributed by atoms with Gasteiger partial charge in [0, 0.05) is 37.3 Å². The van der Waals surface area contributed by atoms with Crippen LogP contribution in [0.2, 0.25) is 0 Å². The predicted octanol–water partition coefficient (Wildman–Crippen LogP) is 1.25. The van der Waals surface area contributed by atoms with Crippen molar-refractivity contribution < 1.29 is 8.42 Å². The minimum atomic E-state index is -3.37. The van der Waals surface area contributed by atoms with E-state index in [0.717, 1.165) is 30.2 Å². The average Bonchev–Trinajstić information content (AvgIpc) is 3.06. The molecule has 0 bridgehead atoms. The molecule has 1 aliphatic heterocycles. The molecular formula is C12H21N3O2S2. The average molecular weight is 303 g/mol. The number of aromatic amines is 1. The van der Waals surface area contributed by atoms with E-state index in [1.165, 1.54) is 4.31 Å². The van der Waals surface area contributed by atoms with Crippen LogP contribution in [0.1, 0.15) is 19.0 Å². The lowest BCUT2D eigenvalue weighted by Gasteiger charge is -2.22. The van der Waals surface area contributed by atoms with Crippen LogP contribution in [0.15, 0.2) is 17.2 Å². The molecule has 1 aromatic rings. The summed E-state index contributed by atoms with van der Waals surface area (Å²) >= 11 is 1.81. The van der Waals surface area contributed by atoms with Gasteiger partial charge in [-0.1, -0.05) is 6.92 Å². The van der Waals surface area contributed by atoms with Crippen LogP contribution in [0.5, 0.6) is 0 Å². The third-order valence-electron chi connectivity index (χ3n) is 3.38. The van der Waals surface area contributed by atoms with E-state index in [0.29, 0.717) is 11.4 Å². The molecule has 0 amide bonds. The zero-order valence-electron chi connectivity index (χ0n) is 11.3. The Bertz CT molecular complexity index is 507.